The van der Waals surface area contributed by atoms with Gasteiger partial charge in [-0.05, 0) is 24.3 Å². The van der Waals surface area contributed by atoms with Gasteiger partial charge in [-0.15, -0.1) is 0 Å². The van der Waals surface area contributed by atoms with Crippen LogP contribution in [0.5, 0.6) is 11.5 Å². The second-order valence-electron chi connectivity index (χ2n) is 3.35. The maximum atomic E-state index is 9.50. The average molecular weight is 229 g/mol. The van der Waals surface area contributed by atoms with Gasteiger partial charge in [-0.3, -0.25) is 10.4 Å². The van der Waals surface area contributed by atoms with Crippen molar-refractivity contribution in [2.75, 3.05) is 5.43 Å². The first kappa shape index (κ1) is 10.9. The molecule has 0 saturated carbocycles. The van der Waals surface area contributed by atoms with Crippen LogP contribution in [0, 0.1) is 0 Å². The summed E-state index contributed by atoms with van der Waals surface area (Å²) >= 11 is 0. The Morgan fingerprint density at radius 3 is 2.59 bits per heavy atom. The summed E-state index contributed by atoms with van der Waals surface area (Å²) in [4.78, 5) is 3.88. The third-order valence-electron chi connectivity index (χ3n) is 2.09. The Morgan fingerprint density at radius 1 is 1.12 bits per heavy atom. The molecule has 1 aromatic carbocycles. The minimum atomic E-state index is -0.0229. The summed E-state index contributed by atoms with van der Waals surface area (Å²) in [5.74, 6) is -0.00739. The molecule has 5 nitrogen and oxygen atoms in total. The monoisotopic (exact) mass is 229 g/mol. The van der Waals surface area contributed by atoms with E-state index in [0.717, 1.165) is 5.69 Å². The molecule has 0 bridgehead atoms. The number of hydrogen-bond donors (Lipinski definition) is 3. The van der Waals surface area contributed by atoms with Crippen LogP contribution < -0.4 is 5.43 Å². The molecule has 1 heterocycles. The fraction of sp³-hybridized carbons (Fsp3) is 0. The zero-order valence-corrected chi connectivity index (χ0v) is 8.91. The first-order valence-corrected chi connectivity index (χ1v) is 4.97. The van der Waals surface area contributed by atoms with E-state index in [1.807, 2.05) is 0 Å². The molecule has 0 fully saturated rings. The van der Waals surface area contributed by atoms with Gasteiger partial charge in [0.2, 0.25) is 0 Å². The molecule has 0 atom stereocenters. The number of hydrogen-bond acceptors (Lipinski definition) is 5. The number of nitrogens with zero attached hydrogens (tertiary/aromatic N) is 2. The van der Waals surface area contributed by atoms with Gasteiger partial charge in [-0.1, -0.05) is 0 Å². The van der Waals surface area contributed by atoms with E-state index >= 15 is 0 Å². The molecule has 5 heteroatoms. The van der Waals surface area contributed by atoms with Crippen molar-refractivity contribution in [1.82, 2.24) is 4.98 Å². The van der Waals surface area contributed by atoms with Crippen LogP contribution in [0.15, 0.2) is 47.8 Å². The molecule has 86 valence electrons. The lowest BCUT2D eigenvalue weighted by atomic mass is 10.2. The maximum Gasteiger partial charge on any atom is 0.128 e. The van der Waals surface area contributed by atoms with Crippen molar-refractivity contribution in [2.45, 2.75) is 0 Å². The number of phenolic OH excluding ortho intramolecular Hbond substituents is 2. The lowest BCUT2D eigenvalue weighted by Gasteiger charge is -2.00. The topological polar surface area (TPSA) is 77.7 Å². The number of nitrogens with one attached hydrogen (secondary N) is 1. The third kappa shape index (κ3) is 2.94. The van der Waals surface area contributed by atoms with E-state index in [2.05, 4.69) is 15.5 Å². The fourth-order valence-corrected chi connectivity index (χ4v) is 1.24. The van der Waals surface area contributed by atoms with E-state index in [0.29, 0.717) is 5.56 Å². The number of anilines is 1. The summed E-state index contributed by atoms with van der Waals surface area (Å²) in [6.45, 7) is 0. The number of pyridine rings is 1. The first-order valence-electron chi connectivity index (χ1n) is 4.97. The largest absolute Gasteiger partial charge is 0.508 e. The Bertz CT molecular complexity index is 527. The van der Waals surface area contributed by atoms with Gasteiger partial charge in [0.1, 0.15) is 11.5 Å². The number of benzene rings is 1. The molecular formula is C12H11N3O2. The molecule has 0 radical (unpaired) electrons. The van der Waals surface area contributed by atoms with Crippen LogP contribution in [-0.4, -0.2) is 21.4 Å². The van der Waals surface area contributed by atoms with E-state index in [1.165, 1.54) is 18.3 Å². The van der Waals surface area contributed by atoms with Crippen molar-refractivity contribution < 1.29 is 10.2 Å². The smallest absolute Gasteiger partial charge is 0.128 e. The highest BCUT2D eigenvalue weighted by atomic mass is 16.3. The molecule has 17 heavy (non-hydrogen) atoms. The zero-order chi connectivity index (χ0) is 12.1. The standard InChI is InChI=1S/C12H11N3O2/c16-11-2-1-9(12(17)7-11)8-14-15-10-3-5-13-6-4-10/h1-8,16-17H,(H,13,15)/b14-8+. The number of aromatic nitrogens is 1. The minimum absolute atomic E-state index is 0.0155. The summed E-state index contributed by atoms with van der Waals surface area (Å²) in [7, 11) is 0. The van der Waals surface area contributed by atoms with Crippen molar-refractivity contribution in [2.24, 2.45) is 5.10 Å². The predicted octanol–water partition coefficient (Wildman–Crippen LogP) is 1.94. The van der Waals surface area contributed by atoms with Gasteiger partial charge in [0.05, 0.1) is 11.9 Å². The highest BCUT2D eigenvalue weighted by molar-refractivity contribution is 5.84. The zero-order valence-electron chi connectivity index (χ0n) is 8.91. The minimum Gasteiger partial charge on any atom is -0.508 e. The second-order valence-corrected chi connectivity index (χ2v) is 3.35. The Labute approximate surface area is 98.1 Å². The van der Waals surface area contributed by atoms with Gasteiger partial charge in [-0.2, -0.15) is 5.10 Å². The summed E-state index contributed by atoms with van der Waals surface area (Å²) in [6.07, 6.45) is 4.76. The Hall–Kier alpha value is -2.56. The van der Waals surface area contributed by atoms with Gasteiger partial charge in [0, 0.05) is 24.0 Å². The van der Waals surface area contributed by atoms with Crippen molar-refractivity contribution in [3.05, 3.63) is 48.3 Å². The molecule has 0 aliphatic rings. The van der Waals surface area contributed by atoms with Gasteiger partial charge in [0.15, 0.2) is 0 Å². The van der Waals surface area contributed by atoms with Gasteiger partial charge >= 0.3 is 0 Å². The molecule has 0 saturated heterocycles. The van der Waals surface area contributed by atoms with E-state index < -0.39 is 0 Å². The fourth-order valence-electron chi connectivity index (χ4n) is 1.24. The molecular weight excluding hydrogens is 218 g/mol. The molecule has 1 aromatic heterocycles. The highest BCUT2D eigenvalue weighted by Crippen LogP contribution is 2.20. The molecule has 2 aromatic rings. The van der Waals surface area contributed by atoms with Gasteiger partial charge in [-0.25, -0.2) is 0 Å². The Balaban J connectivity index is 2.06. The number of phenols is 2. The van der Waals surface area contributed by atoms with Crippen LogP contribution >= 0.6 is 0 Å². The summed E-state index contributed by atoms with van der Waals surface area (Å²) < 4.78 is 0. The van der Waals surface area contributed by atoms with Crippen molar-refractivity contribution in [1.29, 1.82) is 0 Å². The number of rotatable bonds is 3. The lowest BCUT2D eigenvalue weighted by molar-refractivity contribution is 0.450. The molecule has 0 spiro atoms. The summed E-state index contributed by atoms with van der Waals surface area (Å²) in [5.41, 5.74) is 4.11. The van der Waals surface area contributed by atoms with Crippen LogP contribution in [0.25, 0.3) is 0 Å². The van der Waals surface area contributed by atoms with E-state index in [9.17, 15) is 5.11 Å². The van der Waals surface area contributed by atoms with Crippen molar-refractivity contribution in [3.63, 3.8) is 0 Å². The van der Waals surface area contributed by atoms with E-state index in [1.54, 1.807) is 30.6 Å². The number of aromatic hydroxyl groups is 2. The quantitative estimate of drug-likeness (QED) is 0.555. The van der Waals surface area contributed by atoms with Crippen molar-refractivity contribution >= 4 is 11.9 Å². The van der Waals surface area contributed by atoms with E-state index in [-0.39, 0.29) is 11.5 Å². The summed E-state index contributed by atoms with van der Waals surface area (Å²) in [6, 6.07) is 7.85. The SMILES string of the molecule is Oc1ccc(/C=N/Nc2ccncc2)c(O)c1. The molecule has 0 amide bonds. The van der Waals surface area contributed by atoms with Crippen LogP contribution in [0.3, 0.4) is 0 Å². The lowest BCUT2D eigenvalue weighted by Crippen LogP contribution is -1.90. The molecule has 0 aliphatic carbocycles. The highest BCUT2D eigenvalue weighted by Gasteiger charge is 1.98. The van der Waals surface area contributed by atoms with E-state index in [4.69, 9.17) is 5.11 Å². The normalized spacial score (nSPS) is 10.6. The molecule has 2 rings (SSSR count). The van der Waals surface area contributed by atoms with Crippen LogP contribution in [0.1, 0.15) is 5.56 Å². The van der Waals surface area contributed by atoms with Gasteiger partial charge in [0.25, 0.3) is 0 Å². The van der Waals surface area contributed by atoms with Crippen LogP contribution in [-0.2, 0) is 0 Å². The predicted molar refractivity (Wildman–Crippen MR) is 65.2 cm³/mol. The Kier molecular flexibility index (Phi) is 3.20. The summed E-state index contributed by atoms with van der Waals surface area (Å²) in [5, 5.41) is 22.6. The van der Waals surface area contributed by atoms with Gasteiger partial charge < -0.3 is 10.2 Å². The Morgan fingerprint density at radius 2 is 1.88 bits per heavy atom. The second kappa shape index (κ2) is 4.98. The third-order valence-corrected chi connectivity index (χ3v) is 2.09. The maximum absolute atomic E-state index is 9.50. The molecule has 0 aliphatic heterocycles. The van der Waals surface area contributed by atoms with Crippen LogP contribution in [0.2, 0.25) is 0 Å². The molecule has 3 N–H and O–H groups in total. The molecule has 0 unspecified atom stereocenters. The van der Waals surface area contributed by atoms with Crippen LogP contribution in [0.4, 0.5) is 5.69 Å². The first-order chi connectivity index (χ1) is 8.25. The number of hydrazone groups is 1. The van der Waals surface area contributed by atoms with Crippen molar-refractivity contribution in [3.8, 4) is 11.5 Å². The average Bonchev–Trinajstić information content (AvgIpc) is 2.33.